The molecule has 0 radical (unpaired) electrons. The van der Waals surface area contributed by atoms with E-state index in [0.29, 0.717) is 22.3 Å². The third-order valence-corrected chi connectivity index (χ3v) is 4.56. The highest BCUT2D eigenvalue weighted by Gasteiger charge is 2.42. The summed E-state index contributed by atoms with van der Waals surface area (Å²) in [6.07, 6.45) is 0.203. The second kappa shape index (κ2) is 6.71. The number of para-hydroxylation sites is 1. The van der Waals surface area contributed by atoms with Gasteiger partial charge in [-0.25, -0.2) is 4.90 Å². The Hall–Kier alpha value is -1.88. The lowest BCUT2D eigenvalue weighted by Crippen LogP contribution is -2.90. The van der Waals surface area contributed by atoms with E-state index in [4.69, 9.17) is 23.2 Å². The first-order chi connectivity index (χ1) is 11.1. The highest BCUT2D eigenvalue weighted by atomic mass is 35.5. The van der Waals surface area contributed by atoms with Crippen molar-refractivity contribution in [3.63, 3.8) is 0 Å². The maximum atomic E-state index is 12.5. The first-order valence-corrected chi connectivity index (χ1v) is 8.01. The molecule has 6 heteroatoms. The average molecular weight is 350 g/mol. The number of carbonyl (C=O) groups is 2. The van der Waals surface area contributed by atoms with Gasteiger partial charge in [-0.05, 0) is 24.3 Å². The first kappa shape index (κ1) is 16.0. The van der Waals surface area contributed by atoms with Crippen molar-refractivity contribution < 1.29 is 14.9 Å². The lowest BCUT2D eigenvalue weighted by Gasteiger charge is -2.14. The number of amides is 2. The van der Waals surface area contributed by atoms with Crippen molar-refractivity contribution in [3.05, 3.63) is 64.1 Å². The molecule has 2 aromatic rings. The van der Waals surface area contributed by atoms with Crippen molar-refractivity contribution in [2.45, 2.75) is 19.0 Å². The van der Waals surface area contributed by atoms with Gasteiger partial charge >= 0.3 is 0 Å². The van der Waals surface area contributed by atoms with Crippen molar-refractivity contribution >= 4 is 40.7 Å². The van der Waals surface area contributed by atoms with Crippen LogP contribution in [0.2, 0.25) is 10.0 Å². The fraction of sp³-hybridized carbons (Fsp3) is 0.176. The van der Waals surface area contributed by atoms with E-state index in [1.807, 2.05) is 29.6 Å². The van der Waals surface area contributed by atoms with E-state index < -0.39 is 6.04 Å². The third-order valence-electron chi connectivity index (χ3n) is 3.82. The van der Waals surface area contributed by atoms with E-state index >= 15 is 0 Å². The van der Waals surface area contributed by atoms with Gasteiger partial charge in [-0.15, -0.1) is 0 Å². The van der Waals surface area contributed by atoms with Crippen LogP contribution in [0.3, 0.4) is 0 Å². The number of halogens is 2. The molecule has 2 amide bonds. The van der Waals surface area contributed by atoms with Crippen LogP contribution < -0.4 is 10.2 Å². The summed E-state index contributed by atoms with van der Waals surface area (Å²) in [6.45, 7) is 0.559. The van der Waals surface area contributed by atoms with Gasteiger partial charge in [-0.2, -0.15) is 0 Å². The number of anilines is 1. The van der Waals surface area contributed by atoms with Crippen molar-refractivity contribution in [1.29, 1.82) is 0 Å². The smallest absolute Gasteiger partial charge is 0.292 e. The number of benzene rings is 2. The topological polar surface area (TPSA) is 54.0 Å². The Balaban J connectivity index is 1.69. The van der Waals surface area contributed by atoms with Crippen LogP contribution in [0.4, 0.5) is 5.69 Å². The van der Waals surface area contributed by atoms with Crippen LogP contribution in [0, 0.1) is 0 Å². The Bertz CT molecular complexity index is 750. The Morgan fingerprint density at radius 3 is 2.48 bits per heavy atom. The van der Waals surface area contributed by atoms with Gasteiger partial charge in [-0.1, -0.05) is 47.5 Å². The number of rotatable bonds is 4. The molecule has 0 aromatic heterocycles. The fourth-order valence-electron chi connectivity index (χ4n) is 2.63. The molecule has 0 spiro atoms. The van der Waals surface area contributed by atoms with Crippen LogP contribution in [0.5, 0.6) is 0 Å². The van der Waals surface area contributed by atoms with Crippen molar-refractivity contribution in [2.24, 2.45) is 0 Å². The van der Waals surface area contributed by atoms with Crippen molar-refractivity contribution in [3.8, 4) is 0 Å². The van der Waals surface area contributed by atoms with E-state index in [2.05, 4.69) is 0 Å². The normalized spacial score (nSPS) is 17.8. The molecule has 3 rings (SSSR count). The summed E-state index contributed by atoms with van der Waals surface area (Å²) in [5.41, 5.74) is 1.57. The molecule has 1 atom stereocenters. The molecule has 1 fully saturated rings. The van der Waals surface area contributed by atoms with E-state index in [0.717, 1.165) is 5.56 Å². The van der Waals surface area contributed by atoms with E-state index in [-0.39, 0.29) is 18.2 Å². The second-order valence-corrected chi connectivity index (χ2v) is 6.22. The molecule has 1 heterocycles. The maximum absolute atomic E-state index is 12.5. The predicted octanol–water partition coefficient (Wildman–Crippen LogP) is 2.39. The lowest BCUT2D eigenvalue weighted by molar-refractivity contribution is -0.690. The van der Waals surface area contributed by atoms with Gasteiger partial charge in [0.2, 0.25) is 5.91 Å². The van der Waals surface area contributed by atoms with Gasteiger partial charge < -0.3 is 5.32 Å². The zero-order valence-corrected chi connectivity index (χ0v) is 13.7. The average Bonchev–Trinajstić information content (AvgIpc) is 2.83. The molecule has 4 nitrogen and oxygen atoms in total. The minimum atomic E-state index is -0.405. The molecule has 2 aromatic carbocycles. The zero-order chi connectivity index (χ0) is 16.4. The van der Waals surface area contributed by atoms with Gasteiger partial charge in [0, 0.05) is 5.56 Å². The van der Waals surface area contributed by atoms with Crippen molar-refractivity contribution in [2.75, 3.05) is 4.90 Å². The second-order valence-electron chi connectivity index (χ2n) is 5.40. The maximum Gasteiger partial charge on any atom is 0.292 e. The first-order valence-electron chi connectivity index (χ1n) is 7.25. The minimum Gasteiger partial charge on any atom is -0.332 e. The quantitative estimate of drug-likeness (QED) is 0.861. The van der Waals surface area contributed by atoms with E-state index in [9.17, 15) is 9.59 Å². The summed E-state index contributed by atoms with van der Waals surface area (Å²) >= 11 is 11.9. The summed E-state index contributed by atoms with van der Waals surface area (Å²) in [7, 11) is 0. The van der Waals surface area contributed by atoms with Gasteiger partial charge in [0.25, 0.3) is 5.91 Å². The number of hydrogen-bond acceptors (Lipinski definition) is 2. The molecule has 1 aliphatic rings. The molecule has 0 bridgehead atoms. The molecule has 1 aliphatic heterocycles. The molecule has 23 heavy (non-hydrogen) atoms. The van der Waals surface area contributed by atoms with Crippen LogP contribution in [-0.4, -0.2) is 17.9 Å². The van der Waals surface area contributed by atoms with Gasteiger partial charge in [0.15, 0.2) is 6.04 Å². The summed E-state index contributed by atoms with van der Waals surface area (Å²) < 4.78 is 0. The van der Waals surface area contributed by atoms with Crippen molar-refractivity contribution in [1.82, 2.24) is 0 Å². The summed E-state index contributed by atoms with van der Waals surface area (Å²) in [5.74, 6) is -0.349. The van der Waals surface area contributed by atoms with Crippen LogP contribution in [0.25, 0.3) is 0 Å². The SMILES string of the molecule is O=C1C[C@@H]([NH2+]Cc2ccc(Cl)c(Cl)c2)C(=O)N1c1ccccc1. The molecule has 0 unspecified atom stereocenters. The lowest BCUT2D eigenvalue weighted by atomic mass is 10.2. The standard InChI is InChI=1S/C17H14Cl2N2O2/c18-13-7-6-11(8-14(13)19)10-20-15-9-16(22)21(17(15)23)12-4-2-1-3-5-12/h1-8,15,20H,9-10H2/p+1/t15-/m1/s1. The molecule has 2 N–H and O–H groups in total. The van der Waals surface area contributed by atoms with Gasteiger partial charge in [-0.3, -0.25) is 9.59 Å². The molecule has 1 saturated heterocycles. The highest BCUT2D eigenvalue weighted by Crippen LogP contribution is 2.23. The number of hydrogen-bond donors (Lipinski definition) is 1. The molecule has 0 aliphatic carbocycles. The molecular weight excluding hydrogens is 335 g/mol. The highest BCUT2D eigenvalue weighted by molar-refractivity contribution is 6.42. The molecular formula is C17H15Cl2N2O2+. The number of nitrogens with zero attached hydrogens (tertiary/aromatic N) is 1. The Labute approximate surface area is 144 Å². The number of quaternary nitrogens is 1. The van der Waals surface area contributed by atoms with Crippen LogP contribution in [-0.2, 0) is 16.1 Å². The Kier molecular flexibility index (Phi) is 4.66. The fourth-order valence-corrected chi connectivity index (χ4v) is 2.95. The van der Waals surface area contributed by atoms with Crippen LogP contribution in [0.15, 0.2) is 48.5 Å². The number of imide groups is 1. The predicted molar refractivity (Wildman–Crippen MR) is 89.4 cm³/mol. The Morgan fingerprint density at radius 1 is 1.04 bits per heavy atom. The van der Waals surface area contributed by atoms with Crippen LogP contribution in [0.1, 0.15) is 12.0 Å². The van der Waals surface area contributed by atoms with E-state index in [1.165, 1.54) is 4.90 Å². The summed E-state index contributed by atoms with van der Waals surface area (Å²) in [6, 6.07) is 13.9. The summed E-state index contributed by atoms with van der Waals surface area (Å²) in [5, 5.41) is 2.85. The zero-order valence-electron chi connectivity index (χ0n) is 12.2. The minimum absolute atomic E-state index is 0.170. The van der Waals surface area contributed by atoms with E-state index in [1.54, 1.807) is 24.3 Å². The number of carbonyl (C=O) groups excluding carboxylic acids is 2. The van der Waals surface area contributed by atoms with Crippen LogP contribution >= 0.6 is 23.2 Å². The number of nitrogens with two attached hydrogens (primary N) is 1. The molecule has 118 valence electrons. The molecule has 0 saturated carbocycles. The van der Waals surface area contributed by atoms with Gasteiger partial charge in [0.1, 0.15) is 6.54 Å². The van der Waals surface area contributed by atoms with Gasteiger partial charge in [0.05, 0.1) is 22.2 Å². The Morgan fingerprint density at radius 2 is 1.78 bits per heavy atom. The largest absolute Gasteiger partial charge is 0.332 e. The summed E-state index contributed by atoms with van der Waals surface area (Å²) in [4.78, 5) is 25.9. The monoisotopic (exact) mass is 349 g/mol. The third kappa shape index (κ3) is 3.39.